The van der Waals surface area contributed by atoms with Crippen LogP contribution in [0.1, 0.15) is 36.0 Å². The van der Waals surface area contributed by atoms with Gasteiger partial charge in [0.25, 0.3) is 5.91 Å². The van der Waals surface area contributed by atoms with Crippen LogP contribution in [0.2, 0.25) is 0 Å². The van der Waals surface area contributed by atoms with Crippen molar-refractivity contribution < 1.29 is 9.18 Å². The van der Waals surface area contributed by atoms with Crippen LogP contribution in [-0.2, 0) is 0 Å². The molecule has 0 saturated carbocycles. The van der Waals surface area contributed by atoms with Crippen LogP contribution in [0.25, 0.3) is 0 Å². The van der Waals surface area contributed by atoms with Gasteiger partial charge in [-0.3, -0.25) is 4.79 Å². The minimum absolute atomic E-state index is 0.0811. The summed E-state index contributed by atoms with van der Waals surface area (Å²) in [5, 5.41) is 0.164. The first kappa shape index (κ1) is 13.4. The summed E-state index contributed by atoms with van der Waals surface area (Å²) in [7, 11) is 0. The smallest absolute Gasteiger partial charge is 0.255 e. The van der Waals surface area contributed by atoms with Gasteiger partial charge in [-0.25, -0.2) is 4.39 Å². The van der Waals surface area contributed by atoms with Crippen molar-refractivity contribution >= 4 is 33.4 Å². The fraction of sp³-hybridized carbons (Fsp3) is 0.500. The third-order valence-electron chi connectivity index (χ3n) is 4.09. The molecular weight excluding hydrogens is 333 g/mol. The van der Waals surface area contributed by atoms with Crippen LogP contribution in [0.3, 0.4) is 0 Å². The zero-order valence-electron chi connectivity index (χ0n) is 10.3. The van der Waals surface area contributed by atoms with E-state index in [-0.39, 0.29) is 27.8 Å². The van der Waals surface area contributed by atoms with E-state index < -0.39 is 5.82 Å². The van der Waals surface area contributed by atoms with Gasteiger partial charge in [0.05, 0.1) is 10.0 Å². The molecule has 0 aromatic heterocycles. The normalized spacial score (nSPS) is 29.6. The van der Waals surface area contributed by atoms with Gasteiger partial charge in [0.2, 0.25) is 0 Å². The lowest BCUT2D eigenvalue weighted by Gasteiger charge is -2.37. The van der Waals surface area contributed by atoms with E-state index in [2.05, 4.69) is 15.9 Å². The molecule has 2 heterocycles. The van der Waals surface area contributed by atoms with Crippen molar-refractivity contribution in [2.45, 2.75) is 43.1 Å². The van der Waals surface area contributed by atoms with Crippen molar-refractivity contribution in [3.8, 4) is 0 Å². The highest BCUT2D eigenvalue weighted by atomic mass is 79.9. The second-order valence-corrected chi connectivity index (χ2v) is 6.68. The number of nitrogens with zero attached hydrogens (tertiary/aromatic N) is 1. The van der Waals surface area contributed by atoms with Gasteiger partial charge in [-0.05, 0) is 53.7 Å². The summed E-state index contributed by atoms with van der Waals surface area (Å²) in [4.78, 5) is 14.5. The second kappa shape index (κ2) is 5.06. The highest BCUT2D eigenvalue weighted by Crippen LogP contribution is 2.39. The van der Waals surface area contributed by atoms with Crippen molar-refractivity contribution in [3.63, 3.8) is 0 Å². The summed E-state index contributed by atoms with van der Waals surface area (Å²) in [5.74, 6) is -0.479. The minimum Gasteiger partial charge on any atom is -0.333 e. The summed E-state index contributed by atoms with van der Waals surface area (Å²) in [6, 6.07) is 5.01. The first-order chi connectivity index (χ1) is 9.08. The first-order valence-electron chi connectivity index (χ1n) is 6.48. The average Bonchev–Trinajstić information content (AvgIpc) is 2.64. The van der Waals surface area contributed by atoms with Crippen LogP contribution in [0, 0.1) is 5.82 Å². The van der Waals surface area contributed by atoms with Gasteiger partial charge in [-0.1, -0.05) is 6.07 Å². The Bertz CT molecular complexity index is 510. The predicted octanol–water partition coefficient (Wildman–Crippen LogP) is 3.96. The number of amides is 1. The number of piperidine rings is 1. The van der Waals surface area contributed by atoms with E-state index in [4.69, 9.17) is 11.6 Å². The highest BCUT2D eigenvalue weighted by molar-refractivity contribution is 9.10. The molecule has 1 amide bonds. The third-order valence-corrected chi connectivity index (χ3v) is 5.25. The first-order valence-corrected chi connectivity index (χ1v) is 7.71. The molecule has 2 saturated heterocycles. The Balaban J connectivity index is 1.91. The SMILES string of the molecule is O=C(c1cccc(F)c1Br)N1C2CCC1CC(Cl)C2. The topological polar surface area (TPSA) is 20.3 Å². The molecule has 0 spiro atoms. The van der Waals surface area contributed by atoms with Gasteiger partial charge in [-0.2, -0.15) is 0 Å². The van der Waals surface area contributed by atoms with E-state index in [1.54, 1.807) is 12.1 Å². The number of benzene rings is 1. The molecule has 1 aromatic carbocycles. The molecule has 3 rings (SSSR count). The lowest BCUT2D eigenvalue weighted by molar-refractivity contribution is 0.0598. The van der Waals surface area contributed by atoms with Crippen molar-refractivity contribution in [1.29, 1.82) is 0 Å². The quantitative estimate of drug-likeness (QED) is 0.705. The van der Waals surface area contributed by atoms with Gasteiger partial charge < -0.3 is 4.90 Å². The summed E-state index contributed by atoms with van der Waals surface area (Å²) in [5.41, 5.74) is 0.407. The van der Waals surface area contributed by atoms with Crippen LogP contribution >= 0.6 is 27.5 Å². The Morgan fingerprint density at radius 2 is 1.95 bits per heavy atom. The molecule has 102 valence electrons. The fourth-order valence-electron chi connectivity index (χ4n) is 3.25. The van der Waals surface area contributed by atoms with E-state index in [1.807, 2.05) is 4.90 Å². The summed E-state index contributed by atoms with van der Waals surface area (Å²) < 4.78 is 13.8. The summed E-state index contributed by atoms with van der Waals surface area (Å²) in [6.07, 6.45) is 3.70. The highest BCUT2D eigenvalue weighted by Gasteiger charge is 2.43. The van der Waals surface area contributed by atoms with Crippen molar-refractivity contribution in [2.24, 2.45) is 0 Å². The van der Waals surface area contributed by atoms with Gasteiger partial charge in [0, 0.05) is 17.5 Å². The molecule has 2 atom stereocenters. The largest absolute Gasteiger partial charge is 0.333 e. The van der Waals surface area contributed by atoms with E-state index in [0.29, 0.717) is 5.56 Å². The Morgan fingerprint density at radius 3 is 2.58 bits per heavy atom. The standard InChI is InChI=1S/C14H14BrClFNO/c15-13-11(2-1-3-12(13)17)14(19)18-9-4-5-10(18)7-8(16)6-9/h1-3,8-10H,4-7H2. The molecule has 2 aliphatic heterocycles. The Morgan fingerprint density at radius 1 is 1.32 bits per heavy atom. The molecule has 2 aliphatic rings. The number of fused-ring (bicyclic) bond motifs is 2. The number of hydrogen-bond acceptors (Lipinski definition) is 1. The lowest BCUT2D eigenvalue weighted by atomic mass is 10.0. The number of hydrogen-bond donors (Lipinski definition) is 0. The van der Waals surface area contributed by atoms with Crippen LogP contribution in [0.5, 0.6) is 0 Å². The fourth-order valence-corrected chi connectivity index (χ4v) is 4.10. The Labute approximate surface area is 125 Å². The Kier molecular flexibility index (Phi) is 3.56. The summed E-state index contributed by atoms with van der Waals surface area (Å²) in [6.45, 7) is 0. The number of alkyl halides is 1. The van der Waals surface area contributed by atoms with Gasteiger partial charge in [-0.15, -0.1) is 11.6 Å². The van der Waals surface area contributed by atoms with E-state index in [1.165, 1.54) is 6.07 Å². The van der Waals surface area contributed by atoms with Crippen LogP contribution in [-0.4, -0.2) is 28.3 Å². The van der Waals surface area contributed by atoms with E-state index in [0.717, 1.165) is 25.7 Å². The average molecular weight is 347 g/mol. The summed E-state index contributed by atoms with van der Waals surface area (Å²) >= 11 is 9.38. The molecule has 1 aromatic rings. The number of halogens is 3. The van der Waals surface area contributed by atoms with Crippen molar-refractivity contribution in [1.82, 2.24) is 4.90 Å². The zero-order valence-corrected chi connectivity index (χ0v) is 12.6. The van der Waals surface area contributed by atoms with E-state index in [9.17, 15) is 9.18 Å². The van der Waals surface area contributed by atoms with Gasteiger partial charge in [0.1, 0.15) is 5.82 Å². The monoisotopic (exact) mass is 345 g/mol. The van der Waals surface area contributed by atoms with Crippen molar-refractivity contribution in [3.05, 3.63) is 34.1 Å². The zero-order chi connectivity index (χ0) is 13.6. The van der Waals surface area contributed by atoms with Gasteiger partial charge >= 0.3 is 0 Å². The van der Waals surface area contributed by atoms with Crippen LogP contribution in [0.4, 0.5) is 4.39 Å². The molecule has 19 heavy (non-hydrogen) atoms. The maximum Gasteiger partial charge on any atom is 0.255 e. The molecule has 2 nitrogen and oxygen atoms in total. The molecule has 0 N–H and O–H groups in total. The predicted molar refractivity (Wildman–Crippen MR) is 76.0 cm³/mol. The van der Waals surface area contributed by atoms with Gasteiger partial charge in [0.15, 0.2) is 0 Å². The molecule has 0 aliphatic carbocycles. The molecule has 2 unspecified atom stereocenters. The van der Waals surface area contributed by atoms with E-state index >= 15 is 0 Å². The number of carbonyl (C=O) groups excluding carboxylic acids is 1. The third kappa shape index (κ3) is 2.29. The van der Waals surface area contributed by atoms with Crippen LogP contribution < -0.4 is 0 Å². The molecule has 5 heteroatoms. The second-order valence-electron chi connectivity index (χ2n) is 5.27. The van der Waals surface area contributed by atoms with Crippen LogP contribution in [0.15, 0.2) is 22.7 Å². The maximum atomic E-state index is 13.5. The maximum absolute atomic E-state index is 13.5. The van der Waals surface area contributed by atoms with Crippen molar-refractivity contribution in [2.75, 3.05) is 0 Å². The molecule has 2 bridgehead atoms. The lowest BCUT2D eigenvalue weighted by Crippen LogP contribution is -2.47. The molecule has 2 fully saturated rings. The Hall–Kier alpha value is -0.610. The number of carbonyl (C=O) groups is 1. The molecule has 0 radical (unpaired) electrons. The molecular formula is C14H14BrClFNO. The number of rotatable bonds is 1. The minimum atomic E-state index is -0.398.